The minimum absolute atomic E-state index is 0.262. The molecule has 4 nitrogen and oxygen atoms in total. The molecule has 0 N–H and O–H groups in total. The number of hydrogen-bond acceptors (Lipinski definition) is 3. The highest BCUT2D eigenvalue weighted by atomic mass is 15.2. The molecule has 0 saturated carbocycles. The molecule has 1 aliphatic carbocycles. The van der Waals surface area contributed by atoms with Gasteiger partial charge in [-0.05, 0) is 85.0 Å². The Morgan fingerprint density at radius 2 is 0.859 bits per heavy atom. The third kappa shape index (κ3) is 6.18. The Bertz CT molecular complexity index is 3570. The molecule has 9 aromatic carbocycles. The first-order valence-corrected chi connectivity index (χ1v) is 21.9. The first kappa shape index (κ1) is 37.5. The van der Waals surface area contributed by atoms with Crippen molar-refractivity contribution in [2.24, 2.45) is 0 Å². The van der Waals surface area contributed by atoms with Gasteiger partial charge < -0.3 is 0 Å². The molecule has 4 heteroatoms. The summed E-state index contributed by atoms with van der Waals surface area (Å²) >= 11 is 0. The quantitative estimate of drug-likeness (QED) is 0.161. The minimum atomic E-state index is -0.262. The van der Waals surface area contributed by atoms with Gasteiger partial charge in [0.1, 0.15) is 0 Å². The van der Waals surface area contributed by atoms with Crippen molar-refractivity contribution in [1.82, 2.24) is 19.5 Å². The van der Waals surface area contributed by atoms with Crippen LogP contribution in [0.5, 0.6) is 0 Å². The lowest BCUT2D eigenvalue weighted by Gasteiger charge is -2.23. The first-order chi connectivity index (χ1) is 31.5. The van der Waals surface area contributed by atoms with Crippen LogP contribution in [0.1, 0.15) is 25.0 Å². The number of nitrogens with zero attached hydrogens (tertiary/aromatic N) is 4. The van der Waals surface area contributed by atoms with E-state index in [2.05, 4.69) is 237 Å². The molecule has 0 amide bonds. The number of hydrogen-bond donors (Lipinski definition) is 0. The molecule has 11 aromatic rings. The smallest absolute Gasteiger partial charge is 0.238 e. The van der Waals surface area contributed by atoms with Crippen molar-refractivity contribution in [1.29, 1.82) is 0 Å². The fraction of sp³-hybridized carbons (Fsp3) is 0.0500. The Morgan fingerprint density at radius 3 is 1.56 bits per heavy atom. The zero-order valence-electron chi connectivity index (χ0n) is 35.6. The Labute approximate surface area is 372 Å². The van der Waals surface area contributed by atoms with Gasteiger partial charge in [0.25, 0.3) is 0 Å². The van der Waals surface area contributed by atoms with Crippen molar-refractivity contribution in [3.63, 3.8) is 0 Å². The third-order valence-electron chi connectivity index (χ3n) is 13.1. The van der Waals surface area contributed by atoms with E-state index in [1.54, 1.807) is 0 Å². The standard InChI is InChI=1S/C60H42N4/c1-60(2)53-29-13-11-26-48(53)50-35-36-51-49-27-12-14-30-54(49)64(56(51)55(50)60)59-62-57(46-24-16-23-45(38-46)40-19-7-4-8-20-40)61-58(63-59)52-28-10-9-25-47(52)42-33-31-41(32-34-42)44-22-15-21-43(37-44)39-17-5-3-6-18-39/h3-38H,1-2H3. The second-order valence-electron chi connectivity index (χ2n) is 17.2. The lowest BCUT2D eigenvalue weighted by Crippen LogP contribution is -2.17. The van der Waals surface area contributed by atoms with Gasteiger partial charge in [-0.1, -0.05) is 214 Å². The first-order valence-electron chi connectivity index (χ1n) is 21.9. The highest BCUT2D eigenvalue weighted by Crippen LogP contribution is 2.53. The summed E-state index contributed by atoms with van der Waals surface area (Å²) in [5.41, 5.74) is 18.0. The highest BCUT2D eigenvalue weighted by Gasteiger charge is 2.38. The van der Waals surface area contributed by atoms with Crippen LogP contribution in [0.15, 0.2) is 218 Å². The molecule has 0 saturated heterocycles. The van der Waals surface area contributed by atoms with Crippen LogP contribution >= 0.6 is 0 Å². The molecule has 64 heavy (non-hydrogen) atoms. The van der Waals surface area contributed by atoms with E-state index >= 15 is 0 Å². The molecule has 12 rings (SSSR count). The van der Waals surface area contributed by atoms with Gasteiger partial charge in [-0.2, -0.15) is 9.97 Å². The van der Waals surface area contributed by atoms with Crippen LogP contribution < -0.4 is 0 Å². The molecular weight excluding hydrogens is 777 g/mol. The number of para-hydroxylation sites is 1. The van der Waals surface area contributed by atoms with Crippen LogP contribution in [0, 0.1) is 0 Å². The molecule has 2 heterocycles. The normalized spacial score (nSPS) is 12.7. The summed E-state index contributed by atoms with van der Waals surface area (Å²) in [5, 5.41) is 2.34. The maximum atomic E-state index is 5.51. The van der Waals surface area contributed by atoms with E-state index in [4.69, 9.17) is 15.0 Å². The molecular formula is C60H42N4. The maximum Gasteiger partial charge on any atom is 0.238 e. The summed E-state index contributed by atoms with van der Waals surface area (Å²) in [6, 6.07) is 77.8. The van der Waals surface area contributed by atoms with E-state index in [1.165, 1.54) is 44.3 Å². The zero-order chi connectivity index (χ0) is 42.8. The SMILES string of the molecule is CC1(C)c2ccccc2-c2ccc3c4ccccc4n(-c4nc(-c5cccc(-c6ccccc6)c5)nc(-c5ccccc5-c5ccc(-c6cccc(-c7ccccc7)c6)cc5)n4)c3c21. The molecule has 0 radical (unpaired) electrons. The van der Waals surface area contributed by atoms with Crippen molar-refractivity contribution in [2.45, 2.75) is 19.3 Å². The Balaban J connectivity index is 1.06. The van der Waals surface area contributed by atoms with Gasteiger partial charge in [-0.3, -0.25) is 4.57 Å². The predicted octanol–water partition coefficient (Wildman–Crippen LogP) is 15.3. The summed E-state index contributed by atoms with van der Waals surface area (Å²) in [6.45, 7) is 4.69. The van der Waals surface area contributed by atoms with E-state index in [0.29, 0.717) is 17.6 Å². The van der Waals surface area contributed by atoms with Gasteiger partial charge in [-0.15, -0.1) is 0 Å². The summed E-state index contributed by atoms with van der Waals surface area (Å²) < 4.78 is 2.30. The molecule has 0 fully saturated rings. The predicted molar refractivity (Wildman–Crippen MR) is 264 cm³/mol. The largest absolute Gasteiger partial charge is 0.277 e. The molecule has 0 aliphatic heterocycles. The van der Waals surface area contributed by atoms with Crippen molar-refractivity contribution < 1.29 is 0 Å². The van der Waals surface area contributed by atoms with Gasteiger partial charge in [0.2, 0.25) is 5.95 Å². The number of benzene rings is 9. The fourth-order valence-electron chi connectivity index (χ4n) is 9.98. The monoisotopic (exact) mass is 818 g/mol. The van der Waals surface area contributed by atoms with Crippen LogP contribution in [-0.2, 0) is 5.41 Å². The average molecular weight is 819 g/mol. The van der Waals surface area contributed by atoms with Crippen molar-refractivity contribution >= 4 is 21.8 Å². The summed E-state index contributed by atoms with van der Waals surface area (Å²) in [6.07, 6.45) is 0. The molecule has 2 aromatic heterocycles. The molecule has 1 aliphatic rings. The second kappa shape index (κ2) is 15.0. The summed E-state index contributed by atoms with van der Waals surface area (Å²) in [7, 11) is 0. The number of rotatable bonds is 7. The van der Waals surface area contributed by atoms with E-state index in [0.717, 1.165) is 55.4 Å². The van der Waals surface area contributed by atoms with Gasteiger partial charge >= 0.3 is 0 Å². The fourth-order valence-corrected chi connectivity index (χ4v) is 9.98. The lowest BCUT2D eigenvalue weighted by molar-refractivity contribution is 0.663. The van der Waals surface area contributed by atoms with Gasteiger partial charge in [0.05, 0.1) is 11.0 Å². The summed E-state index contributed by atoms with van der Waals surface area (Å²) in [4.78, 5) is 16.3. The van der Waals surface area contributed by atoms with E-state index < -0.39 is 0 Å². The highest BCUT2D eigenvalue weighted by molar-refractivity contribution is 6.13. The topological polar surface area (TPSA) is 43.6 Å². The van der Waals surface area contributed by atoms with E-state index in [1.807, 2.05) is 0 Å². The van der Waals surface area contributed by atoms with Gasteiger partial charge in [-0.25, -0.2) is 4.98 Å². The zero-order valence-corrected chi connectivity index (χ0v) is 35.6. The van der Waals surface area contributed by atoms with E-state index in [9.17, 15) is 0 Å². The third-order valence-corrected chi connectivity index (χ3v) is 13.1. The Morgan fingerprint density at radius 1 is 0.344 bits per heavy atom. The summed E-state index contributed by atoms with van der Waals surface area (Å²) in [5.74, 6) is 1.81. The Hall–Kier alpha value is -8.21. The lowest BCUT2D eigenvalue weighted by atomic mass is 9.81. The van der Waals surface area contributed by atoms with Crippen molar-refractivity contribution in [2.75, 3.05) is 0 Å². The van der Waals surface area contributed by atoms with Crippen molar-refractivity contribution in [3.05, 3.63) is 230 Å². The van der Waals surface area contributed by atoms with Crippen LogP contribution in [0.2, 0.25) is 0 Å². The van der Waals surface area contributed by atoms with Crippen molar-refractivity contribution in [3.8, 4) is 84.4 Å². The molecule has 0 atom stereocenters. The van der Waals surface area contributed by atoms with Crippen LogP contribution in [0.25, 0.3) is 106 Å². The molecule has 302 valence electrons. The van der Waals surface area contributed by atoms with Crippen LogP contribution in [0.3, 0.4) is 0 Å². The van der Waals surface area contributed by atoms with Gasteiger partial charge in [0.15, 0.2) is 11.6 Å². The number of fused-ring (bicyclic) bond motifs is 7. The van der Waals surface area contributed by atoms with Crippen LogP contribution in [-0.4, -0.2) is 19.5 Å². The van der Waals surface area contributed by atoms with Gasteiger partial charge in [0, 0.05) is 27.3 Å². The van der Waals surface area contributed by atoms with E-state index in [-0.39, 0.29) is 5.41 Å². The molecule has 0 bridgehead atoms. The second-order valence-corrected chi connectivity index (χ2v) is 17.2. The Kier molecular flexibility index (Phi) is 8.80. The molecule has 0 unspecified atom stereocenters. The average Bonchev–Trinajstić information content (AvgIpc) is 3.82. The van der Waals surface area contributed by atoms with Crippen LogP contribution in [0.4, 0.5) is 0 Å². The minimum Gasteiger partial charge on any atom is -0.277 e. The maximum absolute atomic E-state index is 5.51. The number of aromatic nitrogens is 4. The molecule has 0 spiro atoms.